The van der Waals surface area contributed by atoms with Crippen LogP contribution < -0.4 is 5.46 Å². The summed E-state index contributed by atoms with van der Waals surface area (Å²) in [7, 11) is 5.70. The molecule has 0 heterocycles. The van der Waals surface area contributed by atoms with Crippen molar-refractivity contribution in [3.8, 4) is 11.1 Å². The molecule has 2 aromatic rings. The van der Waals surface area contributed by atoms with Crippen LogP contribution in [0.25, 0.3) is 11.1 Å². The number of hydrogen-bond donors (Lipinski definition) is 0. The summed E-state index contributed by atoms with van der Waals surface area (Å²) in [5.41, 5.74) is 3.28. The van der Waals surface area contributed by atoms with Crippen LogP contribution in [0.5, 0.6) is 0 Å². The maximum absolute atomic E-state index is 5.70. The zero-order valence-corrected chi connectivity index (χ0v) is 12.6. The Bertz CT molecular complexity index is 508. The van der Waals surface area contributed by atoms with Gasteiger partial charge in [0.1, 0.15) is 7.85 Å². The predicted molar refractivity (Wildman–Crippen MR) is 86.4 cm³/mol. The van der Waals surface area contributed by atoms with Gasteiger partial charge in [0.2, 0.25) is 0 Å². The van der Waals surface area contributed by atoms with Crippen LogP contribution >= 0.6 is 34.4 Å². The van der Waals surface area contributed by atoms with Crippen LogP contribution in [-0.4, -0.2) is 13.6 Å². The summed E-state index contributed by atoms with van der Waals surface area (Å²) in [4.78, 5) is 1.35. The molecule has 0 unspecified atom stereocenters. The van der Waals surface area contributed by atoms with Crippen molar-refractivity contribution in [2.24, 2.45) is 0 Å². The van der Waals surface area contributed by atoms with E-state index in [0.717, 1.165) is 11.2 Å². The minimum absolute atomic E-state index is 0.808. The van der Waals surface area contributed by atoms with Crippen molar-refractivity contribution < 1.29 is 0 Å². The van der Waals surface area contributed by atoms with Crippen molar-refractivity contribution in [2.45, 2.75) is 11.8 Å². The molecule has 0 fully saturated rings. The highest BCUT2D eigenvalue weighted by atomic mass is 127. The Morgan fingerprint density at radius 1 is 1.06 bits per heavy atom. The lowest BCUT2D eigenvalue weighted by molar-refractivity contribution is 1.38. The van der Waals surface area contributed by atoms with E-state index in [0.29, 0.717) is 0 Å². The molecular weight excluding hydrogens is 338 g/mol. The second kappa shape index (κ2) is 5.96. The SMILES string of the molecule is [B]c1ccc(-c2ccc(I)c(SCC)c2)cc1. The van der Waals surface area contributed by atoms with Crippen molar-refractivity contribution >= 4 is 47.7 Å². The highest BCUT2D eigenvalue weighted by molar-refractivity contribution is 14.1. The normalized spacial score (nSPS) is 10.5. The van der Waals surface area contributed by atoms with E-state index in [4.69, 9.17) is 7.85 Å². The number of hydrogen-bond acceptors (Lipinski definition) is 1. The lowest BCUT2D eigenvalue weighted by Gasteiger charge is -2.07. The topological polar surface area (TPSA) is 0 Å². The highest BCUT2D eigenvalue weighted by Gasteiger charge is 2.03. The summed E-state index contributed by atoms with van der Waals surface area (Å²) in [6.07, 6.45) is 0. The van der Waals surface area contributed by atoms with Gasteiger partial charge in [0.15, 0.2) is 0 Å². The Labute approximate surface area is 122 Å². The predicted octanol–water partition coefficient (Wildman–Crippen LogP) is 3.86. The van der Waals surface area contributed by atoms with Crippen molar-refractivity contribution in [1.29, 1.82) is 0 Å². The van der Waals surface area contributed by atoms with Gasteiger partial charge in [0.05, 0.1) is 0 Å². The molecule has 17 heavy (non-hydrogen) atoms. The average molecular weight is 350 g/mol. The molecule has 84 valence electrons. The van der Waals surface area contributed by atoms with E-state index in [1.165, 1.54) is 19.6 Å². The van der Waals surface area contributed by atoms with Gasteiger partial charge in [-0.25, -0.2) is 0 Å². The fourth-order valence-electron chi connectivity index (χ4n) is 1.62. The smallest absolute Gasteiger partial charge is 0.113 e. The minimum Gasteiger partial charge on any atom is -0.125 e. The molecular formula is C14H12BIS. The van der Waals surface area contributed by atoms with Gasteiger partial charge in [-0.15, -0.1) is 11.8 Å². The van der Waals surface area contributed by atoms with Crippen molar-refractivity contribution in [1.82, 2.24) is 0 Å². The maximum atomic E-state index is 5.70. The number of benzene rings is 2. The molecule has 0 nitrogen and oxygen atoms in total. The van der Waals surface area contributed by atoms with Crippen LogP contribution in [0.1, 0.15) is 6.92 Å². The van der Waals surface area contributed by atoms with Gasteiger partial charge in [-0.3, -0.25) is 0 Å². The molecule has 0 spiro atoms. The van der Waals surface area contributed by atoms with Crippen LogP contribution in [-0.2, 0) is 0 Å². The molecule has 0 aliphatic heterocycles. The first-order valence-corrected chi connectivity index (χ1v) is 7.55. The van der Waals surface area contributed by atoms with Crippen LogP contribution in [0, 0.1) is 3.57 Å². The fourth-order valence-corrected chi connectivity index (χ4v) is 3.15. The largest absolute Gasteiger partial charge is 0.125 e. The molecule has 0 N–H and O–H groups in total. The van der Waals surface area contributed by atoms with Crippen molar-refractivity contribution in [3.63, 3.8) is 0 Å². The monoisotopic (exact) mass is 350 g/mol. The average Bonchev–Trinajstić information content (AvgIpc) is 2.33. The Balaban J connectivity index is 2.39. The molecule has 0 aliphatic carbocycles. The lowest BCUT2D eigenvalue weighted by Crippen LogP contribution is -1.99. The third-order valence-corrected chi connectivity index (χ3v) is 4.72. The van der Waals surface area contributed by atoms with Crippen LogP contribution in [0.15, 0.2) is 47.4 Å². The van der Waals surface area contributed by atoms with E-state index in [-0.39, 0.29) is 0 Å². The first kappa shape index (κ1) is 13.0. The van der Waals surface area contributed by atoms with Gasteiger partial charge in [0.25, 0.3) is 0 Å². The van der Waals surface area contributed by atoms with E-state index in [1.807, 2.05) is 23.9 Å². The van der Waals surface area contributed by atoms with Crippen LogP contribution in [0.2, 0.25) is 0 Å². The first-order valence-electron chi connectivity index (χ1n) is 5.49. The standard InChI is InChI=1S/C14H12BIS/c1-2-17-14-9-11(5-8-13(14)16)10-3-6-12(15)7-4-10/h3-9H,2H2,1H3. The molecule has 2 rings (SSSR count). The molecule has 0 atom stereocenters. The number of thioether (sulfide) groups is 1. The molecule has 0 amide bonds. The highest BCUT2D eigenvalue weighted by Crippen LogP contribution is 2.29. The van der Waals surface area contributed by atoms with Gasteiger partial charge in [-0.05, 0) is 51.6 Å². The number of rotatable bonds is 3. The quantitative estimate of drug-likeness (QED) is 0.460. The lowest BCUT2D eigenvalue weighted by atomic mass is 9.94. The molecule has 0 aromatic heterocycles. The Hall–Kier alpha value is -0.415. The molecule has 3 heteroatoms. The van der Waals surface area contributed by atoms with Crippen molar-refractivity contribution in [2.75, 3.05) is 5.75 Å². The molecule has 0 saturated heterocycles. The van der Waals surface area contributed by atoms with Gasteiger partial charge in [0, 0.05) is 8.47 Å². The van der Waals surface area contributed by atoms with Gasteiger partial charge >= 0.3 is 0 Å². The summed E-state index contributed by atoms with van der Waals surface area (Å²) in [6.45, 7) is 2.18. The van der Waals surface area contributed by atoms with Gasteiger partial charge < -0.3 is 0 Å². The molecule has 0 aliphatic rings. The number of halogens is 1. The van der Waals surface area contributed by atoms with Crippen LogP contribution in [0.3, 0.4) is 0 Å². The van der Waals surface area contributed by atoms with Gasteiger partial charge in [-0.2, -0.15) is 0 Å². The van der Waals surface area contributed by atoms with Crippen molar-refractivity contribution in [3.05, 3.63) is 46.0 Å². The minimum atomic E-state index is 0.808. The maximum Gasteiger partial charge on any atom is 0.113 e. The molecule has 2 aromatic carbocycles. The Morgan fingerprint density at radius 2 is 1.71 bits per heavy atom. The molecule has 0 saturated carbocycles. The Kier molecular flexibility index (Phi) is 4.57. The second-order valence-corrected chi connectivity index (χ2v) is 6.17. The Morgan fingerprint density at radius 3 is 2.35 bits per heavy atom. The zero-order valence-electron chi connectivity index (χ0n) is 9.61. The van der Waals surface area contributed by atoms with E-state index in [2.05, 4.69) is 59.8 Å². The molecule has 0 bridgehead atoms. The summed E-state index contributed by atoms with van der Waals surface area (Å²) in [5, 5.41) is 0. The fraction of sp³-hybridized carbons (Fsp3) is 0.143. The zero-order chi connectivity index (χ0) is 12.3. The summed E-state index contributed by atoms with van der Waals surface area (Å²) < 4.78 is 1.31. The van der Waals surface area contributed by atoms with E-state index >= 15 is 0 Å². The van der Waals surface area contributed by atoms with E-state index in [9.17, 15) is 0 Å². The summed E-state index contributed by atoms with van der Waals surface area (Å²) >= 11 is 4.27. The van der Waals surface area contributed by atoms with Gasteiger partial charge in [-0.1, -0.05) is 42.7 Å². The summed E-state index contributed by atoms with van der Waals surface area (Å²) in [5.74, 6) is 1.10. The molecule has 2 radical (unpaired) electrons. The summed E-state index contributed by atoms with van der Waals surface area (Å²) in [6, 6.07) is 14.6. The van der Waals surface area contributed by atoms with E-state index in [1.54, 1.807) is 0 Å². The van der Waals surface area contributed by atoms with Crippen LogP contribution in [0.4, 0.5) is 0 Å². The second-order valence-electron chi connectivity index (χ2n) is 3.70. The third-order valence-electron chi connectivity index (χ3n) is 2.48. The third kappa shape index (κ3) is 3.29. The first-order chi connectivity index (χ1) is 8.20. The van der Waals surface area contributed by atoms with E-state index < -0.39 is 0 Å².